The van der Waals surface area contributed by atoms with Crippen LogP contribution in [-0.4, -0.2) is 22.6 Å². The molecule has 0 radical (unpaired) electrons. The summed E-state index contributed by atoms with van der Waals surface area (Å²) in [5.41, 5.74) is 1.82. The molecule has 0 spiro atoms. The molecule has 4 nitrogen and oxygen atoms in total. The second kappa shape index (κ2) is 7.89. The molecular formula is C19H16BrNO3S. The first-order valence-electron chi connectivity index (χ1n) is 7.80. The lowest BCUT2D eigenvalue weighted by Crippen LogP contribution is -2.27. The molecular weight excluding hydrogens is 402 g/mol. The molecule has 0 bridgehead atoms. The summed E-state index contributed by atoms with van der Waals surface area (Å²) in [7, 11) is 0. The van der Waals surface area contributed by atoms with Crippen LogP contribution < -0.4 is 4.74 Å². The fourth-order valence-corrected chi connectivity index (χ4v) is 3.54. The van der Waals surface area contributed by atoms with Gasteiger partial charge in [0.1, 0.15) is 12.4 Å². The van der Waals surface area contributed by atoms with E-state index in [1.165, 1.54) is 4.90 Å². The standard InChI is InChI=1S/C19H16BrNO3S/c1-2-21-18(22)17(25-19(21)23)11-14-5-3-4-6-16(14)24-12-13-7-9-15(20)10-8-13/h3-11H,2,12H2,1H3/b17-11+. The SMILES string of the molecule is CCN1C(=O)S/C(=C/c2ccccc2OCc2ccc(Br)cc2)C1=O. The zero-order valence-corrected chi connectivity index (χ0v) is 16.0. The number of nitrogens with zero attached hydrogens (tertiary/aromatic N) is 1. The lowest BCUT2D eigenvalue weighted by Gasteiger charge is -2.10. The first kappa shape index (κ1) is 17.8. The van der Waals surface area contributed by atoms with Crippen molar-refractivity contribution in [3.05, 3.63) is 69.0 Å². The Morgan fingerprint density at radius 2 is 1.84 bits per heavy atom. The van der Waals surface area contributed by atoms with Crippen molar-refractivity contribution in [1.82, 2.24) is 4.90 Å². The monoisotopic (exact) mass is 417 g/mol. The van der Waals surface area contributed by atoms with Crippen LogP contribution in [0.4, 0.5) is 4.79 Å². The number of halogens is 1. The fourth-order valence-electron chi connectivity index (χ4n) is 2.39. The summed E-state index contributed by atoms with van der Waals surface area (Å²) in [4.78, 5) is 25.7. The Morgan fingerprint density at radius 3 is 2.52 bits per heavy atom. The zero-order valence-electron chi connectivity index (χ0n) is 13.6. The molecule has 1 aliphatic heterocycles. The topological polar surface area (TPSA) is 46.6 Å². The largest absolute Gasteiger partial charge is 0.488 e. The highest BCUT2D eigenvalue weighted by Gasteiger charge is 2.33. The number of hydrogen-bond acceptors (Lipinski definition) is 4. The van der Waals surface area contributed by atoms with Crippen LogP contribution in [0.3, 0.4) is 0 Å². The van der Waals surface area contributed by atoms with Gasteiger partial charge in [-0.1, -0.05) is 46.3 Å². The predicted octanol–water partition coefficient (Wildman–Crippen LogP) is 5.08. The summed E-state index contributed by atoms with van der Waals surface area (Å²) in [5.74, 6) is 0.425. The summed E-state index contributed by atoms with van der Waals surface area (Å²) in [6, 6.07) is 15.4. The van der Waals surface area contributed by atoms with Crippen LogP contribution in [-0.2, 0) is 11.4 Å². The zero-order chi connectivity index (χ0) is 17.8. The van der Waals surface area contributed by atoms with Gasteiger partial charge in [-0.2, -0.15) is 0 Å². The molecule has 1 aliphatic rings. The molecule has 1 heterocycles. The number of ether oxygens (including phenoxy) is 1. The summed E-state index contributed by atoms with van der Waals surface area (Å²) < 4.78 is 6.93. The molecule has 0 aliphatic carbocycles. The molecule has 25 heavy (non-hydrogen) atoms. The Bertz CT molecular complexity index is 833. The van der Waals surface area contributed by atoms with Crippen molar-refractivity contribution in [3.8, 4) is 5.75 Å². The summed E-state index contributed by atoms with van der Waals surface area (Å²) in [6.45, 7) is 2.59. The van der Waals surface area contributed by atoms with Gasteiger partial charge in [-0.15, -0.1) is 0 Å². The smallest absolute Gasteiger partial charge is 0.293 e. The van der Waals surface area contributed by atoms with E-state index in [2.05, 4.69) is 15.9 Å². The minimum atomic E-state index is -0.250. The van der Waals surface area contributed by atoms with Crippen molar-refractivity contribution in [1.29, 1.82) is 0 Å². The maximum Gasteiger partial charge on any atom is 0.293 e. The van der Waals surface area contributed by atoms with Crippen molar-refractivity contribution in [2.75, 3.05) is 6.54 Å². The third-order valence-electron chi connectivity index (χ3n) is 3.70. The highest BCUT2D eigenvalue weighted by Crippen LogP contribution is 2.33. The van der Waals surface area contributed by atoms with Gasteiger partial charge in [0, 0.05) is 16.6 Å². The molecule has 0 saturated carbocycles. The van der Waals surface area contributed by atoms with Gasteiger partial charge in [-0.25, -0.2) is 0 Å². The average molecular weight is 418 g/mol. The number of amides is 2. The van der Waals surface area contributed by atoms with Gasteiger partial charge < -0.3 is 4.74 Å². The number of hydrogen-bond donors (Lipinski definition) is 0. The lowest BCUT2D eigenvalue weighted by molar-refractivity contribution is -0.122. The Labute approximate surface area is 159 Å². The molecule has 2 aromatic rings. The number of carbonyl (C=O) groups excluding carboxylic acids is 2. The van der Waals surface area contributed by atoms with Gasteiger partial charge in [0.05, 0.1) is 4.91 Å². The van der Waals surface area contributed by atoms with E-state index in [9.17, 15) is 9.59 Å². The molecule has 6 heteroatoms. The molecule has 0 unspecified atom stereocenters. The third kappa shape index (κ3) is 4.14. The number of para-hydroxylation sites is 1. The molecule has 0 atom stereocenters. The van der Waals surface area contributed by atoms with Gasteiger partial charge in [0.15, 0.2) is 0 Å². The van der Waals surface area contributed by atoms with Crippen molar-refractivity contribution in [2.24, 2.45) is 0 Å². The van der Waals surface area contributed by atoms with E-state index < -0.39 is 0 Å². The van der Waals surface area contributed by atoms with Crippen LogP contribution in [0.25, 0.3) is 6.08 Å². The second-order valence-electron chi connectivity index (χ2n) is 5.38. The molecule has 3 rings (SSSR count). The molecule has 1 fully saturated rings. The minimum Gasteiger partial charge on any atom is -0.488 e. The Balaban J connectivity index is 1.79. The summed E-state index contributed by atoms with van der Waals surface area (Å²) in [6.07, 6.45) is 1.72. The quantitative estimate of drug-likeness (QED) is 0.635. The third-order valence-corrected chi connectivity index (χ3v) is 5.14. The molecule has 2 amide bonds. The number of carbonyl (C=O) groups is 2. The molecule has 0 aromatic heterocycles. The fraction of sp³-hybridized carbons (Fsp3) is 0.158. The minimum absolute atomic E-state index is 0.230. The maximum absolute atomic E-state index is 12.2. The van der Waals surface area contributed by atoms with E-state index in [0.717, 1.165) is 27.4 Å². The van der Waals surface area contributed by atoms with E-state index in [1.54, 1.807) is 13.0 Å². The number of thioether (sulfide) groups is 1. The number of imide groups is 1. The van der Waals surface area contributed by atoms with E-state index in [1.807, 2.05) is 48.5 Å². The van der Waals surface area contributed by atoms with Crippen LogP contribution in [0.1, 0.15) is 18.1 Å². The number of benzene rings is 2. The highest BCUT2D eigenvalue weighted by molar-refractivity contribution is 9.10. The van der Waals surface area contributed by atoms with E-state index >= 15 is 0 Å². The van der Waals surface area contributed by atoms with Crippen molar-refractivity contribution >= 4 is 44.9 Å². The Morgan fingerprint density at radius 1 is 1.12 bits per heavy atom. The maximum atomic E-state index is 12.2. The van der Waals surface area contributed by atoms with Gasteiger partial charge >= 0.3 is 0 Å². The molecule has 1 saturated heterocycles. The summed E-state index contributed by atoms with van der Waals surface area (Å²) >= 11 is 4.37. The van der Waals surface area contributed by atoms with E-state index in [4.69, 9.17) is 4.74 Å². The van der Waals surface area contributed by atoms with Crippen molar-refractivity contribution < 1.29 is 14.3 Å². The Kier molecular flexibility index (Phi) is 5.60. The van der Waals surface area contributed by atoms with Crippen molar-refractivity contribution in [3.63, 3.8) is 0 Å². The van der Waals surface area contributed by atoms with E-state index in [-0.39, 0.29) is 11.1 Å². The van der Waals surface area contributed by atoms with Crippen LogP contribution in [0.5, 0.6) is 5.75 Å². The van der Waals surface area contributed by atoms with Crippen LogP contribution in [0.2, 0.25) is 0 Å². The first-order valence-corrected chi connectivity index (χ1v) is 9.41. The average Bonchev–Trinajstić information content (AvgIpc) is 2.88. The second-order valence-corrected chi connectivity index (χ2v) is 7.29. The van der Waals surface area contributed by atoms with Gasteiger partial charge in [0.25, 0.3) is 11.1 Å². The number of likely N-dealkylation sites (N-methyl/N-ethyl adjacent to an activating group) is 1. The van der Waals surface area contributed by atoms with Crippen LogP contribution >= 0.6 is 27.7 Å². The van der Waals surface area contributed by atoms with Gasteiger partial charge in [-0.05, 0) is 48.5 Å². The molecule has 0 N–H and O–H groups in total. The molecule has 2 aromatic carbocycles. The van der Waals surface area contributed by atoms with Crippen molar-refractivity contribution in [2.45, 2.75) is 13.5 Å². The lowest BCUT2D eigenvalue weighted by atomic mass is 10.1. The van der Waals surface area contributed by atoms with Gasteiger partial charge in [-0.3, -0.25) is 14.5 Å². The highest BCUT2D eigenvalue weighted by atomic mass is 79.9. The number of rotatable bonds is 5. The van der Waals surface area contributed by atoms with Crippen LogP contribution in [0.15, 0.2) is 57.9 Å². The molecule has 128 valence electrons. The predicted molar refractivity (Wildman–Crippen MR) is 103 cm³/mol. The normalized spacial score (nSPS) is 15.9. The van der Waals surface area contributed by atoms with Crippen LogP contribution in [0, 0.1) is 0 Å². The first-order chi connectivity index (χ1) is 12.1. The Hall–Kier alpha value is -2.05. The van der Waals surface area contributed by atoms with E-state index in [0.29, 0.717) is 23.8 Å². The summed E-state index contributed by atoms with van der Waals surface area (Å²) in [5, 5.41) is -0.230. The van der Waals surface area contributed by atoms with Gasteiger partial charge in [0.2, 0.25) is 0 Å².